The van der Waals surface area contributed by atoms with E-state index in [1.165, 1.54) is 5.56 Å². The van der Waals surface area contributed by atoms with Crippen LogP contribution >= 0.6 is 0 Å². The number of alkyl halides is 2. The van der Waals surface area contributed by atoms with Gasteiger partial charge in [-0.05, 0) is 82.8 Å². The second-order valence-electron chi connectivity index (χ2n) is 11.4. The van der Waals surface area contributed by atoms with E-state index in [2.05, 4.69) is 57.4 Å². The zero-order chi connectivity index (χ0) is 31.6. The molecule has 1 fully saturated rings. The first kappa shape index (κ1) is 32.6. The lowest BCUT2D eigenvalue weighted by Crippen LogP contribution is -2.36. The third-order valence-corrected chi connectivity index (χ3v) is 7.96. The Bertz CT molecular complexity index is 1570. The molecule has 2 aromatic carbocycles. The lowest BCUT2D eigenvalue weighted by Gasteiger charge is -2.32. The van der Waals surface area contributed by atoms with Crippen molar-refractivity contribution in [3.63, 3.8) is 0 Å². The number of rotatable bonds is 9. The van der Waals surface area contributed by atoms with Gasteiger partial charge in [0.1, 0.15) is 0 Å². The third-order valence-electron chi connectivity index (χ3n) is 7.96. The molecule has 5 rings (SSSR count). The highest BCUT2D eigenvalue weighted by atomic mass is 19.3. The Morgan fingerprint density at radius 2 is 1.84 bits per heavy atom. The Morgan fingerprint density at radius 1 is 1.14 bits per heavy atom. The van der Waals surface area contributed by atoms with Crippen LogP contribution in [0.3, 0.4) is 0 Å². The van der Waals surface area contributed by atoms with E-state index < -0.39 is 6.43 Å². The van der Waals surface area contributed by atoms with Crippen molar-refractivity contribution < 1.29 is 13.6 Å². The van der Waals surface area contributed by atoms with Crippen molar-refractivity contribution in [2.24, 2.45) is 5.92 Å². The quantitative estimate of drug-likeness (QED) is 0.220. The topological polar surface area (TPSA) is 89.6 Å². The number of nitrogens with one attached hydrogen (secondary N) is 1. The van der Waals surface area contributed by atoms with Crippen molar-refractivity contribution in [1.29, 1.82) is 5.26 Å². The van der Waals surface area contributed by atoms with Gasteiger partial charge in [-0.25, -0.2) is 18.7 Å². The lowest BCUT2D eigenvalue weighted by molar-refractivity contribution is 0.0777. The van der Waals surface area contributed by atoms with Crippen LogP contribution in [0.15, 0.2) is 61.1 Å². The number of hydrogen-bond donors (Lipinski definition) is 1. The van der Waals surface area contributed by atoms with Crippen LogP contribution in [0.4, 0.5) is 20.3 Å². The van der Waals surface area contributed by atoms with Gasteiger partial charge in [0.2, 0.25) is 6.43 Å². The van der Waals surface area contributed by atoms with Gasteiger partial charge in [-0.3, -0.25) is 9.20 Å². The molecule has 1 saturated heterocycles. The molecule has 10 heteroatoms. The standard InChI is InChI=1S/C32H37N7O.C2H4F2/c1-23-5-7-26(8-6-23)29-22-35-31-30(34-15-20-39(29)31)36-27-9-10-28(24(2)21-27)32(40)37(3)17-11-25-12-18-38(19-13-25)16-4-14-33;1-2(3)4/h5-10,15,20-22,25H,4,11-13,16-19H2,1-3H3,(H,34,36);2H,1H3. The Hall–Kier alpha value is -4.36. The maximum Gasteiger partial charge on any atom is 0.253 e. The Morgan fingerprint density at radius 3 is 2.50 bits per heavy atom. The summed E-state index contributed by atoms with van der Waals surface area (Å²) in [7, 11) is 1.89. The fraction of sp³-hybridized carbons (Fsp3) is 0.412. The Balaban J connectivity index is 0.00000104. The number of imidazole rings is 1. The molecule has 0 unspecified atom stereocenters. The molecule has 1 N–H and O–H groups in total. The summed E-state index contributed by atoms with van der Waals surface area (Å²) in [5.74, 6) is 1.34. The summed E-state index contributed by atoms with van der Waals surface area (Å²) >= 11 is 0. The maximum atomic E-state index is 13.3. The van der Waals surface area contributed by atoms with E-state index in [4.69, 9.17) is 5.26 Å². The number of anilines is 2. The molecule has 0 bridgehead atoms. The van der Waals surface area contributed by atoms with Crippen molar-refractivity contribution in [1.82, 2.24) is 24.2 Å². The first-order chi connectivity index (χ1) is 21.2. The smallest absolute Gasteiger partial charge is 0.253 e. The highest BCUT2D eigenvalue weighted by Crippen LogP contribution is 2.27. The molecule has 232 valence electrons. The summed E-state index contributed by atoms with van der Waals surface area (Å²) in [5, 5.41) is 12.2. The average molecular weight is 602 g/mol. The number of benzene rings is 2. The van der Waals surface area contributed by atoms with Crippen LogP contribution in [-0.2, 0) is 0 Å². The molecular formula is C34H41F2N7O. The van der Waals surface area contributed by atoms with E-state index in [1.54, 1.807) is 6.20 Å². The fourth-order valence-electron chi connectivity index (χ4n) is 5.45. The second kappa shape index (κ2) is 15.4. The van der Waals surface area contributed by atoms with Crippen molar-refractivity contribution >= 4 is 23.1 Å². The summed E-state index contributed by atoms with van der Waals surface area (Å²) in [6, 6.07) is 16.5. The molecule has 0 spiro atoms. The number of carbonyl (C=O) groups excluding carboxylic acids is 1. The number of amides is 1. The van der Waals surface area contributed by atoms with E-state index >= 15 is 0 Å². The van der Waals surface area contributed by atoms with Crippen LogP contribution < -0.4 is 5.32 Å². The Kier molecular flexibility index (Phi) is 11.4. The van der Waals surface area contributed by atoms with Gasteiger partial charge in [-0.15, -0.1) is 0 Å². The monoisotopic (exact) mass is 601 g/mol. The Labute approximate surface area is 258 Å². The van der Waals surface area contributed by atoms with Gasteiger partial charge in [0.05, 0.1) is 18.0 Å². The number of likely N-dealkylation sites (tertiary alicyclic amines) is 1. The number of fused-ring (bicyclic) bond motifs is 1. The summed E-state index contributed by atoms with van der Waals surface area (Å²) in [5.41, 5.74) is 6.56. The van der Waals surface area contributed by atoms with Crippen LogP contribution in [-0.4, -0.2) is 69.7 Å². The van der Waals surface area contributed by atoms with E-state index in [1.807, 2.05) is 53.9 Å². The second-order valence-corrected chi connectivity index (χ2v) is 11.4. The molecule has 1 aliphatic rings. The van der Waals surface area contributed by atoms with E-state index in [0.29, 0.717) is 23.7 Å². The number of hydrogen-bond acceptors (Lipinski definition) is 6. The van der Waals surface area contributed by atoms with Crippen molar-refractivity contribution in [2.45, 2.75) is 52.9 Å². The number of nitrogens with zero attached hydrogens (tertiary/aromatic N) is 6. The highest BCUT2D eigenvalue weighted by Gasteiger charge is 2.21. The number of carbonyl (C=O) groups is 1. The third kappa shape index (κ3) is 8.60. The maximum absolute atomic E-state index is 13.3. The molecule has 0 aliphatic carbocycles. The molecule has 1 amide bonds. The molecule has 8 nitrogen and oxygen atoms in total. The van der Waals surface area contributed by atoms with Crippen LogP contribution in [0.25, 0.3) is 16.9 Å². The normalized spacial score (nSPS) is 13.8. The number of piperidine rings is 1. The summed E-state index contributed by atoms with van der Waals surface area (Å²) in [6.45, 7) is 8.60. The van der Waals surface area contributed by atoms with E-state index in [0.717, 1.165) is 80.5 Å². The summed E-state index contributed by atoms with van der Waals surface area (Å²) in [6.07, 6.45) is 7.27. The zero-order valence-electron chi connectivity index (χ0n) is 25.9. The largest absolute Gasteiger partial charge is 0.342 e. The first-order valence-electron chi connectivity index (χ1n) is 15.1. The van der Waals surface area contributed by atoms with Crippen LogP contribution in [0, 0.1) is 31.1 Å². The fourth-order valence-corrected chi connectivity index (χ4v) is 5.45. The van der Waals surface area contributed by atoms with Gasteiger partial charge < -0.3 is 15.1 Å². The van der Waals surface area contributed by atoms with Crippen LogP contribution in [0.5, 0.6) is 0 Å². The minimum absolute atomic E-state index is 0.0479. The van der Waals surface area contributed by atoms with Gasteiger partial charge in [0.15, 0.2) is 11.5 Å². The van der Waals surface area contributed by atoms with E-state index in [-0.39, 0.29) is 5.91 Å². The highest BCUT2D eigenvalue weighted by molar-refractivity contribution is 5.96. The van der Waals surface area contributed by atoms with Crippen molar-refractivity contribution in [3.8, 4) is 17.3 Å². The van der Waals surface area contributed by atoms with Gasteiger partial charge in [-0.1, -0.05) is 29.8 Å². The van der Waals surface area contributed by atoms with E-state index in [9.17, 15) is 13.6 Å². The van der Waals surface area contributed by atoms with Crippen LogP contribution in [0.1, 0.15) is 54.1 Å². The average Bonchev–Trinajstić information content (AvgIpc) is 3.44. The van der Waals surface area contributed by atoms with Gasteiger partial charge >= 0.3 is 0 Å². The predicted molar refractivity (Wildman–Crippen MR) is 170 cm³/mol. The summed E-state index contributed by atoms with van der Waals surface area (Å²) < 4.78 is 22.7. The molecule has 4 aromatic rings. The molecule has 3 heterocycles. The molecule has 1 aliphatic heterocycles. The van der Waals surface area contributed by atoms with Gasteiger partial charge in [0.25, 0.3) is 5.91 Å². The summed E-state index contributed by atoms with van der Waals surface area (Å²) in [4.78, 5) is 26.7. The van der Waals surface area contributed by atoms with Crippen molar-refractivity contribution in [2.75, 3.05) is 38.5 Å². The number of aryl methyl sites for hydroxylation is 2. The number of halogens is 2. The molecule has 2 aromatic heterocycles. The van der Waals surface area contributed by atoms with Gasteiger partial charge in [0, 0.05) is 55.8 Å². The van der Waals surface area contributed by atoms with Crippen molar-refractivity contribution in [3.05, 3.63) is 77.7 Å². The van der Waals surface area contributed by atoms with Gasteiger partial charge in [-0.2, -0.15) is 5.26 Å². The molecule has 44 heavy (non-hydrogen) atoms. The minimum Gasteiger partial charge on any atom is -0.342 e. The molecule has 0 saturated carbocycles. The number of nitriles is 1. The molecule has 0 radical (unpaired) electrons. The SMILES string of the molecule is CC(F)F.Cc1ccc(-c2cnc3c(Nc4ccc(C(=O)N(C)CCC5CCN(CCC#N)CC5)c(C)c4)nccn23)cc1. The predicted octanol–water partition coefficient (Wildman–Crippen LogP) is 7.12. The molecular weight excluding hydrogens is 560 g/mol. The van der Waals surface area contributed by atoms with Crippen LogP contribution in [0.2, 0.25) is 0 Å². The lowest BCUT2D eigenvalue weighted by atomic mass is 9.93. The zero-order valence-corrected chi connectivity index (χ0v) is 25.9. The number of aromatic nitrogens is 3. The molecule has 0 atom stereocenters. The minimum atomic E-state index is -2.17. The first-order valence-corrected chi connectivity index (χ1v) is 15.1.